The van der Waals surface area contributed by atoms with Crippen LogP contribution in [-0.4, -0.2) is 32.3 Å². The average Bonchev–Trinajstić information content (AvgIpc) is 2.31. The molecule has 0 spiro atoms. The van der Waals surface area contributed by atoms with Crippen LogP contribution in [0.25, 0.3) is 0 Å². The summed E-state index contributed by atoms with van der Waals surface area (Å²) >= 11 is 0. The maximum atomic E-state index is 13.6. The van der Waals surface area contributed by atoms with Gasteiger partial charge in [-0.15, -0.1) is 0 Å². The second-order valence-corrected chi connectivity index (χ2v) is 4.22. The first kappa shape index (κ1) is 15.4. The van der Waals surface area contributed by atoms with Gasteiger partial charge in [-0.3, -0.25) is 4.79 Å². The summed E-state index contributed by atoms with van der Waals surface area (Å²) in [7, 11) is 1.54. The van der Waals surface area contributed by atoms with Gasteiger partial charge in [0, 0.05) is 31.3 Å². The first-order valence-electron chi connectivity index (χ1n) is 5.99. The van der Waals surface area contributed by atoms with E-state index >= 15 is 0 Å². The van der Waals surface area contributed by atoms with Crippen LogP contribution in [0.2, 0.25) is 0 Å². The van der Waals surface area contributed by atoms with Crippen LogP contribution in [0.5, 0.6) is 5.75 Å². The molecule has 106 valence electrons. The van der Waals surface area contributed by atoms with Crippen LogP contribution in [0.15, 0.2) is 18.2 Å². The van der Waals surface area contributed by atoms with Crippen molar-refractivity contribution >= 4 is 11.6 Å². The number of halogens is 1. The molecule has 0 aliphatic heterocycles. The highest BCUT2D eigenvalue weighted by molar-refractivity contribution is 5.91. The predicted octanol–water partition coefficient (Wildman–Crippen LogP) is 1.53. The number of hydrogen-bond acceptors (Lipinski definition) is 4. The van der Waals surface area contributed by atoms with Crippen molar-refractivity contribution in [2.75, 3.05) is 25.6 Å². The van der Waals surface area contributed by atoms with Gasteiger partial charge >= 0.3 is 0 Å². The minimum atomic E-state index is -0.533. The molecule has 0 saturated carbocycles. The lowest BCUT2D eigenvalue weighted by molar-refractivity contribution is -0.116. The molecule has 5 nitrogen and oxygen atoms in total. The second-order valence-electron chi connectivity index (χ2n) is 4.22. The molecule has 1 aromatic rings. The number of anilines is 1. The van der Waals surface area contributed by atoms with Gasteiger partial charge in [0.25, 0.3) is 0 Å². The Kier molecular flexibility index (Phi) is 6.24. The fourth-order valence-electron chi connectivity index (χ4n) is 1.44. The summed E-state index contributed by atoms with van der Waals surface area (Å²) in [4.78, 5) is 11.5. The van der Waals surface area contributed by atoms with Gasteiger partial charge < -0.3 is 20.5 Å². The molecular weight excluding hydrogens is 251 g/mol. The summed E-state index contributed by atoms with van der Waals surface area (Å²) in [5.74, 6) is -0.653. The quantitative estimate of drug-likeness (QED) is 0.737. The number of carbonyl (C=O) groups excluding carboxylic acids is 1. The Labute approximate surface area is 111 Å². The number of nitrogens with two attached hydrogens (primary N) is 1. The van der Waals surface area contributed by atoms with E-state index in [1.807, 2.05) is 0 Å². The molecule has 1 amide bonds. The minimum absolute atomic E-state index is 0.127. The number of methoxy groups -OCH3 is 1. The first-order chi connectivity index (χ1) is 9.02. The fraction of sp³-hybridized carbons (Fsp3) is 0.462. The van der Waals surface area contributed by atoms with E-state index in [9.17, 15) is 9.18 Å². The molecule has 19 heavy (non-hydrogen) atoms. The van der Waals surface area contributed by atoms with Crippen molar-refractivity contribution in [3.8, 4) is 5.75 Å². The Morgan fingerprint density at radius 3 is 2.79 bits per heavy atom. The molecule has 0 bridgehead atoms. The first-order valence-corrected chi connectivity index (χ1v) is 5.99. The Hall–Kier alpha value is -1.66. The maximum Gasteiger partial charge on any atom is 0.225 e. The number of benzene rings is 1. The van der Waals surface area contributed by atoms with E-state index in [0.717, 1.165) is 0 Å². The van der Waals surface area contributed by atoms with Gasteiger partial charge in [-0.25, -0.2) is 4.39 Å². The molecule has 0 aliphatic rings. The lowest BCUT2D eigenvalue weighted by Gasteiger charge is -2.10. The number of ether oxygens (including phenoxy) is 2. The van der Waals surface area contributed by atoms with Gasteiger partial charge in [0.1, 0.15) is 6.61 Å². The molecule has 0 radical (unpaired) electrons. The third-order valence-electron chi connectivity index (χ3n) is 2.27. The van der Waals surface area contributed by atoms with E-state index in [1.54, 1.807) is 13.0 Å². The van der Waals surface area contributed by atoms with E-state index in [1.165, 1.54) is 19.2 Å². The summed E-state index contributed by atoms with van der Waals surface area (Å²) in [6, 6.07) is 4.01. The average molecular weight is 270 g/mol. The molecule has 1 unspecified atom stereocenters. The molecular formula is C13H19FN2O3. The third kappa shape index (κ3) is 5.67. The van der Waals surface area contributed by atoms with Gasteiger partial charge in [-0.2, -0.15) is 0 Å². The lowest BCUT2D eigenvalue weighted by atomic mass is 10.2. The van der Waals surface area contributed by atoms with Crippen molar-refractivity contribution in [2.45, 2.75) is 19.4 Å². The molecule has 6 heteroatoms. The monoisotopic (exact) mass is 270 g/mol. The second kappa shape index (κ2) is 7.70. The number of amides is 1. The van der Waals surface area contributed by atoms with Gasteiger partial charge in [0.2, 0.25) is 5.91 Å². The van der Waals surface area contributed by atoms with Crippen LogP contribution in [0.3, 0.4) is 0 Å². The van der Waals surface area contributed by atoms with Crippen molar-refractivity contribution in [2.24, 2.45) is 5.73 Å². The summed E-state index contributed by atoms with van der Waals surface area (Å²) < 4.78 is 23.6. The highest BCUT2D eigenvalue weighted by atomic mass is 19.1. The Morgan fingerprint density at radius 2 is 2.21 bits per heavy atom. The zero-order chi connectivity index (χ0) is 14.3. The van der Waals surface area contributed by atoms with Crippen molar-refractivity contribution in [1.29, 1.82) is 0 Å². The van der Waals surface area contributed by atoms with Gasteiger partial charge in [-0.05, 0) is 19.1 Å². The summed E-state index contributed by atoms with van der Waals surface area (Å²) in [5, 5.41) is 2.57. The summed E-state index contributed by atoms with van der Waals surface area (Å²) in [6.45, 7) is 2.38. The van der Waals surface area contributed by atoms with Gasteiger partial charge in [-0.1, -0.05) is 0 Å². The van der Waals surface area contributed by atoms with Crippen LogP contribution in [0, 0.1) is 5.82 Å². The molecule has 0 aromatic heterocycles. The molecule has 1 atom stereocenters. The molecule has 0 aliphatic carbocycles. The molecule has 3 N–H and O–H groups in total. The number of rotatable bonds is 7. The Balaban J connectivity index is 2.58. The van der Waals surface area contributed by atoms with Crippen molar-refractivity contribution < 1.29 is 18.7 Å². The third-order valence-corrected chi connectivity index (χ3v) is 2.27. The highest BCUT2D eigenvalue weighted by Gasteiger charge is 2.08. The predicted molar refractivity (Wildman–Crippen MR) is 70.7 cm³/mol. The van der Waals surface area contributed by atoms with Crippen molar-refractivity contribution in [1.82, 2.24) is 0 Å². The van der Waals surface area contributed by atoms with Crippen LogP contribution in [-0.2, 0) is 9.53 Å². The number of hydrogen-bond donors (Lipinski definition) is 2. The standard InChI is InChI=1S/C13H19FN2O3/c1-9(15)7-13(17)16-10-3-4-12(11(14)8-10)19-6-5-18-2/h3-4,8-9H,5-7,15H2,1-2H3,(H,16,17). The van der Waals surface area contributed by atoms with Crippen LogP contribution < -0.4 is 15.8 Å². The Morgan fingerprint density at radius 1 is 1.47 bits per heavy atom. The fourth-order valence-corrected chi connectivity index (χ4v) is 1.44. The maximum absolute atomic E-state index is 13.6. The van der Waals surface area contributed by atoms with Crippen LogP contribution >= 0.6 is 0 Å². The summed E-state index contributed by atoms with van der Waals surface area (Å²) in [5.41, 5.74) is 5.88. The van der Waals surface area contributed by atoms with E-state index in [-0.39, 0.29) is 30.7 Å². The highest BCUT2D eigenvalue weighted by Crippen LogP contribution is 2.21. The molecule has 1 aromatic carbocycles. The van der Waals surface area contributed by atoms with Crippen LogP contribution in [0.4, 0.5) is 10.1 Å². The minimum Gasteiger partial charge on any atom is -0.488 e. The normalized spacial score (nSPS) is 12.0. The zero-order valence-corrected chi connectivity index (χ0v) is 11.1. The van der Waals surface area contributed by atoms with Crippen LogP contribution in [0.1, 0.15) is 13.3 Å². The molecule has 0 heterocycles. The molecule has 0 saturated heterocycles. The van der Waals surface area contributed by atoms with E-state index in [0.29, 0.717) is 12.3 Å². The smallest absolute Gasteiger partial charge is 0.225 e. The van der Waals surface area contributed by atoms with Crippen molar-refractivity contribution in [3.05, 3.63) is 24.0 Å². The number of nitrogens with one attached hydrogen (secondary N) is 1. The van der Waals surface area contributed by atoms with E-state index in [2.05, 4.69) is 5.32 Å². The number of carbonyl (C=O) groups is 1. The Bertz CT molecular complexity index is 424. The largest absolute Gasteiger partial charge is 0.488 e. The molecule has 1 rings (SSSR count). The zero-order valence-electron chi connectivity index (χ0n) is 11.1. The lowest BCUT2D eigenvalue weighted by Crippen LogP contribution is -2.24. The van der Waals surface area contributed by atoms with Gasteiger partial charge in [0.15, 0.2) is 11.6 Å². The van der Waals surface area contributed by atoms with Gasteiger partial charge in [0.05, 0.1) is 6.61 Å². The van der Waals surface area contributed by atoms with E-state index < -0.39 is 5.82 Å². The summed E-state index contributed by atoms with van der Waals surface area (Å²) in [6.07, 6.45) is 0.188. The molecule has 0 fully saturated rings. The van der Waals surface area contributed by atoms with Crippen molar-refractivity contribution in [3.63, 3.8) is 0 Å². The van der Waals surface area contributed by atoms with E-state index in [4.69, 9.17) is 15.2 Å². The SMILES string of the molecule is COCCOc1ccc(NC(=O)CC(C)N)cc1F. The topological polar surface area (TPSA) is 73.6 Å².